The minimum atomic E-state index is -0.639. The molecule has 1 heterocycles. The minimum Gasteiger partial charge on any atom is -0.497 e. The number of benzene rings is 2. The van der Waals surface area contributed by atoms with Crippen LogP contribution in [0.3, 0.4) is 0 Å². The normalized spacial score (nSPS) is 10.5. The molecule has 0 saturated carbocycles. The number of methoxy groups -OCH3 is 3. The first-order chi connectivity index (χ1) is 15.5. The Morgan fingerprint density at radius 3 is 2.34 bits per heavy atom. The number of hydrogen-bond acceptors (Lipinski definition) is 7. The van der Waals surface area contributed by atoms with E-state index in [1.54, 1.807) is 21.3 Å². The lowest BCUT2D eigenvalue weighted by Gasteiger charge is -2.11. The number of carbonyl (C=O) groups is 1. The molecule has 0 atom stereocenters. The van der Waals surface area contributed by atoms with Crippen LogP contribution in [0.5, 0.6) is 23.0 Å². The maximum atomic E-state index is 11.4. The molecular weight excluding hydrogens is 430 g/mol. The molecule has 2 aromatic carbocycles. The van der Waals surface area contributed by atoms with Gasteiger partial charge in [0.15, 0.2) is 17.2 Å². The van der Waals surface area contributed by atoms with Crippen LogP contribution in [0.25, 0.3) is 10.4 Å². The summed E-state index contributed by atoms with van der Waals surface area (Å²) in [6.07, 6.45) is 0.789. The number of nitrogens with two attached hydrogens (primary N) is 1. The third-order valence-electron chi connectivity index (χ3n) is 4.68. The first kappa shape index (κ1) is 23.2. The summed E-state index contributed by atoms with van der Waals surface area (Å²) in [6, 6.07) is 14.7. The van der Waals surface area contributed by atoms with Crippen molar-refractivity contribution in [2.24, 2.45) is 5.73 Å². The van der Waals surface area contributed by atoms with E-state index in [0.29, 0.717) is 28.8 Å². The number of amides is 2. The van der Waals surface area contributed by atoms with Crippen molar-refractivity contribution < 1.29 is 23.7 Å². The average molecular weight is 458 g/mol. The molecule has 3 aromatic rings. The van der Waals surface area contributed by atoms with Crippen molar-refractivity contribution >= 4 is 22.4 Å². The SMILES string of the molecule is COc1ccc(-c2cc(OCNCCc3ccc(OC)c(OC)c3)c(NC(N)=O)s2)cc1. The zero-order valence-corrected chi connectivity index (χ0v) is 19.1. The van der Waals surface area contributed by atoms with Gasteiger partial charge in [-0.05, 0) is 53.9 Å². The molecule has 0 spiro atoms. The topological polar surface area (TPSA) is 104 Å². The molecule has 0 unspecified atom stereocenters. The summed E-state index contributed by atoms with van der Waals surface area (Å²) in [4.78, 5) is 12.3. The van der Waals surface area contributed by atoms with Gasteiger partial charge in [0, 0.05) is 17.5 Å². The predicted octanol–water partition coefficient (Wildman–Crippen LogP) is 4.10. The number of hydrogen-bond donors (Lipinski definition) is 3. The Labute approximate surface area is 191 Å². The van der Waals surface area contributed by atoms with E-state index in [2.05, 4.69) is 10.6 Å². The van der Waals surface area contributed by atoms with Gasteiger partial charge < -0.3 is 24.7 Å². The van der Waals surface area contributed by atoms with Crippen molar-refractivity contribution in [2.45, 2.75) is 6.42 Å². The number of nitrogens with one attached hydrogen (secondary N) is 2. The Bertz CT molecular complexity index is 1040. The molecule has 0 bridgehead atoms. The number of carbonyl (C=O) groups excluding carboxylic acids is 1. The molecular formula is C23H27N3O5S. The standard InChI is InChI=1S/C23H27N3O5S/c1-28-17-7-5-16(6-8-17)21-13-20(22(32-21)26-23(24)27)31-14-25-11-10-15-4-9-18(29-2)19(12-15)30-3/h4-9,12-13,25H,10-11,14H2,1-3H3,(H3,24,26,27). The lowest BCUT2D eigenvalue weighted by atomic mass is 10.1. The highest BCUT2D eigenvalue weighted by molar-refractivity contribution is 7.20. The second kappa shape index (κ2) is 11.3. The molecule has 0 saturated heterocycles. The van der Waals surface area contributed by atoms with Crippen molar-refractivity contribution in [2.75, 3.05) is 39.9 Å². The van der Waals surface area contributed by atoms with Crippen LogP contribution in [-0.2, 0) is 6.42 Å². The Morgan fingerprint density at radius 2 is 1.69 bits per heavy atom. The van der Waals surface area contributed by atoms with Gasteiger partial charge in [-0.3, -0.25) is 10.6 Å². The summed E-state index contributed by atoms with van der Waals surface area (Å²) in [5.74, 6) is 2.73. The van der Waals surface area contributed by atoms with Crippen LogP contribution in [0.4, 0.5) is 9.80 Å². The van der Waals surface area contributed by atoms with Gasteiger partial charge in [-0.25, -0.2) is 4.79 Å². The number of ether oxygens (including phenoxy) is 4. The van der Waals surface area contributed by atoms with Crippen LogP contribution < -0.4 is 35.3 Å². The fourth-order valence-electron chi connectivity index (χ4n) is 3.05. The Kier molecular flexibility index (Phi) is 8.18. The van der Waals surface area contributed by atoms with Gasteiger partial charge in [0.25, 0.3) is 0 Å². The van der Waals surface area contributed by atoms with Gasteiger partial charge in [0.05, 0.1) is 21.3 Å². The predicted molar refractivity (Wildman–Crippen MR) is 126 cm³/mol. The van der Waals surface area contributed by atoms with Crippen LogP contribution >= 0.6 is 11.3 Å². The molecule has 2 amide bonds. The smallest absolute Gasteiger partial charge is 0.317 e. The van der Waals surface area contributed by atoms with Crippen LogP contribution in [0.1, 0.15) is 5.56 Å². The zero-order chi connectivity index (χ0) is 22.9. The van der Waals surface area contributed by atoms with Crippen LogP contribution in [0, 0.1) is 0 Å². The maximum Gasteiger partial charge on any atom is 0.317 e. The lowest BCUT2D eigenvalue weighted by Crippen LogP contribution is -2.23. The number of primary amides is 1. The quantitative estimate of drug-likeness (QED) is 0.296. The van der Waals surface area contributed by atoms with Gasteiger partial charge in [0.2, 0.25) is 0 Å². The number of anilines is 1. The van der Waals surface area contributed by atoms with E-state index in [1.165, 1.54) is 11.3 Å². The van der Waals surface area contributed by atoms with Gasteiger partial charge in [-0.15, -0.1) is 11.3 Å². The molecule has 8 nitrogen and oxygen atoms in total. The third kappa shape index (κ3) is 6.05. The first-order valence-corrected chi connectivity index (χ1v) is 10.7. The Hall–Kier alpha value is -3.43. The summed E-state index contributed by atoms with van der Waals surface area (Å²) in [6.45, 7) is 0.975. The van der Waals surface area contributed by atoms with E-state index >= 15 is 0 Å². The molecule has 170 valence electrons. The fraction of sp³-hybridized carbons (Fsp3) is 0.261. The second-order valence-corrected chi connectivity index (χ2v) is 7.80. The Morgan fingerprint density at radius 1 is 0.938 bits per heavy atom. The van der Waals surface area contributed by atoms with Crippen molar-refractivity contribution in [3.8, 4) is 33.4 Å². The van der Waals surface area contributed by atoms with Gasteiger partial charge in [0.1, 0.15) is 17.5 Å². The average Bonchev–Trinajstić information content (AvgIpc) is 3.20. The van der Waals surface area contributed by atoms with E-state index in [1.807, 2.05) is 48.5 Å². The van der Waals surface area contributed by atoms with Crippen LogP contribution in [0.2, 0.25) is 0 Å². The molecule has 0 aliphatic heterocycles. The number of rotatable bonds is 11. The maximum absolute atomic E-state index is 11.4. The molecule has 4 N–H and O–H groups in total. The van der Waals surface area contributed by atoms with Gasteiger partial charge in [-0.2, -0.15) is 0 Å². The summed E-state index contributed by atoms with van der Waals surface area (Å²) in [7, 11) is 4.86. The molecule has 32 heavy (non-hydrogen) atoms. The summed E-state index contributed by atoms with van der Waals surface area (Å²) in [5.41, 5.74) is 7.41. The highest BCUT2D eigenvalue weighted by Crippen LogP contribution is 2.40. The molecule has 0 fully saturated rings. The highest BCUT2D eigenvalue weighted by atomic mass is 32.1. The highest BCUT2D eigenvalue weighted by Gasteiger charge is 2.14. The van der Waals surface area contributed by atoms with Crippen molar-refractivity contribution in [3.05, 3.63) is 54.1 Å². The van der Waals surface area contributed by atoms with E-state index in [-0.39, 0.29) is 6.73 Å². The number of urea groups is 1. The molecule has 3 rings (SSSR count). The molecule has 0 aliphatic rings. The Balaban J connectivity index is 1.58. The first-order valence-electron chi connectivity index (χ1n) is 9.93. The van der Waals surface area contributed by atoms with Crippen molar-refractivity contribution in [1.82, 2.24) is 5.32 Å². The summed E-state index contributed by atoms with van der Waals surface area (Å²) in [5, 5.41) is 6.43. The van der Waals surface area contributed by atoms with Crippen LogP contribution in [-0.4, -0.2) is 40.6 Å². The van der Waals surface area contributed by atoms with E-state index < -0.39 is 6.03 Å². The fourth-order valence-corrected chi connectivity index (χ4v) is 4.06. The summed E-state index contributed by atoms with van der Waals surface area (Å²) < 4.78 is 21.7. The van der Waals surface area contributed by atoms with Gasteiger partial charge in [-0.1, -0.05) is 6.07 Å². The molecule has 0 radical (unpaired) electrons. The van der Waals surface area contributed by atoms with E-state index in [0.717, 1.165) is 28.2 Å². The van der Waals surface area contributed by atoms with E-state index in [9.17, 15) is 4.79 Å². The molecule has 1 aromatic heterocycles. The lowest BCUT2D eigenvalue weighted by molar-refractivity contribution is 0.259. The van der Waals surface area contributed by atoms with Crippen LogP contribution in [0.15, 0.2) is 48.5 Å². The molecule has 9 heteroatoms. The van der Waals surface area contributed by atoms with E-state index in [4.69, 9.17) is 24.7 Å². The number of thiophene rings is 1. The van der Waals surface area contributed by atoms with Crippen molar-refractivity contribution in [1.29, 1.82) is 0 Å². The second-order valence-electron chi connectivity index (χ2n) is 6.75. The summed E-state index contributed by atoms with van der Waals surface area (Å²) >= 11 is 1.39. The third-order valence-corrected chi connectivity index (χ3v) is 5.76. The van der Waals surface area contributed by atoms with Crippen molar-refractivity contribution in [3.63, 3.8) is 0 Å². The monoisotopic (exact) mass is 457 g/mol. The molecule has 0 aliphatic carbocycles. The largest absolute Gasteiger partial charge is 0.497 e. The zero-order valence-electron chi connectivity index (χ0n) is 18.3. The van der Waals surface area contributed by atoms with Gasteiger partial charge >= 0.3 is 6.03 Å². The minimum absolute atomic E-state index is 0.277.